The van der Waals surface area contributed by atoms with Crippen LogP contribution in [0.5, 0.6) is 0 Å². The van der Waals surface area contributed by atoms with E-state index in [1.807, 2.05) is 23.6 Å². The minimum atomic E-state index is 0.541. The maximum atomic E-state index is 8.48. The molecule has 0 aliphatic rings. The van der Waals surface area contributed by atoms with Crippen LogP contribution in [0.3, 0.4) is 0 Å². The van der Waals surface area contributed by atoms with Crippen molar-refractivity contribution < 1.29 is 0 Å². The topological polar surface area (TPSA) is 49.8 Å². The molecule has 0 aliphatic heterocycles. The Morgan fingerprint density at radius 1 is 1.73 bits per heavy atom. The van der Waals surface area contributed by atoms with Crippen molar-refractivity contribution in [2.75, 3.05) is 6.54 Å². The molecule has 0 unspecified atom stereocenters. The molecule has 2 N–H and O–H groups in total. The number of nitriles is 1. The summed E-state index contributed by atoms with van der Waals surface area (Å²) in [4.78, 5) is 1.08. The standard InChI is InChI=1S/C8H8N2S/c9-3-1-2-8-4-7(5-10)6-11-8/h1-2,4,6H,3,9H2/b2-1+. The first-order valence-electron chi connectivity index (χ1n) is 3.22. The molecule has 0 bridgehead atoms. The largest absolute Gasteiger partial charge is 0.327 e. The van der Waals surface area contributed by atoms with Crippen LogP contribution in [0.25, 0.3) is 6.08 Å². The molecule has 0 aliphatic carbocycles. The third kappa shape index (κ3) is 2.19. The third-order valence-corrected chi connectivity index (χ3v) is 2.06. The Morgan fingerprint density at radius 3 is 3.09 bits per heavy atom. The van der Waals surface area contributed by atoms with Gasteiger partial charge in [0.05, 0.1) is 5.56 Å². The zero-order valence-electron chi connectivity index (χ0n) is 5.95. The van der Waals surface area contributed by atoms with E-state index in [0.717, 1.165) is 4.88 Å². The van der Waals surface area contributed by atoms with E-state index in [1.165, 1.54) is 0 Å². The Morgan fingerprint density at radius 2 is 2.55 bits per heavy atom. The van der Waals surface area contributed by atoms with Crippen molar-refractivity contribution in [3.63, 3.8) is 0 Å². The van der Waals surface area contributed by atoms with E-state index in [-0.39, 0.29) is 0 Å². The first-order valence-corrected chi connectivity index (χ1v) is 4.10. The van der Waals surface area contributed by atoms with Crippen molar-refractivity contribution in [2.45, 2.75) is 0 Å². The third-order valence-electron chi connectivity index (χ3n) is 1.17. The number of hydrogen-bond acceptors (Lipinski definition) is 3. The van der Waals surface area contributed by atoms with Gasteiger partial charge in [-0.25, -0.2) is 0 Å². The highest BCUT2D eigenvalue weighted by molar-refractivity contribution is 7.11. The maximum Gasteiger partial charge on any atom is 0.100 e. The molecule has 0 saturated heterocycles. The van der Waals surface area contributed by atoms with Crippen LogP contribution >= 0.6 is 11.3 Å². The van der Waals surface area contributed by atoms with Gasteiger partial charge in [0, 0.05) is 16.8 Å². The lowest BCUT2D eigenvalue weighted by Crippen LogP contribution is -1.91. The van der Waals surface area contributed by atoms with Gasteiger partial charge < -0.3 is 5.73 Å². The van der Waals surface area contributed by atoms with Gasteiger partial charge in [0.1, 0.15) is 6.07 Å². The number of hydrogen-bond donors (Lipinski definition) is 1. The van der Waals surface area contributed by atoms with Crippen LogP contribution in [-0.4, -0.2) is 6.54 Å². The monoisotopic (exact) mass is 164 g/mol. The van der Waals surface area contributed by atoms with Crippen molar-refractivity contribution in [1.82, 2.24) is 0 Å². The van der Waals surface area contributed by atoms with Crippen LogP contribution in [0.4, 0.5) is 0 Å². The van der Waals surface area contributed by atoms with E-state index in [1.54, 1.807) is 11.3 Å². The van der Waals surface area contributed by atoms with Crippen LogP contribution in [0.1, 0.15) is 10.4 Å². The first kappa shape index (κ1) is 7.99. The van der Waals surface area contributed by atoms with Crippen molar-refractivity contribution in [3.05, 3.63) is 28.0 Å². The highest BCUT2D eigenvalue weighted by atomic mass is 32.1. The van der Waals surface area contributed by atoms with E-state index >= 15 is 0 Å². The molecule has 56 valence electrons. The predicted octanol–water partition coefficient (Wildman–Crippen LogP) is 1.59. The van der Waals surface area contributed by atoms with Gasteiger partial charge in [-0.2, -0.15) is 5.26 Å². The summed E-state index contributed by atoms with van der Waals surface area (Å²) in [5, 5.41) is 10.3. The molecule has 2 nitrogen and oxygen atoms in total. The fraction of sp³-hybridized carbons (Fsp3) is 0.125. The lowest BCUT2D eigenvalue weighted by molar-refractivity contribution is 1.26. The summed E-state index contributed by atoms with van der Waals surface area (Å²) in [5.41, 5.74) is 5.98. The molecule has 0 spiro atoms. The van der Waals surface area contributed by atoms with Crippen LogP contribution in [0.2, 0.25) is 0 Å². The summed E-state index contributed by atoms with van der Waals surface area (Å²) in [6.07, 6.45) is 3.79. The van der Waals surface area contributed by atoms with Gasteiger partial charge >= 0.3 is 0 Å². The van der Waals surface area contributed by atoms with Crippen molar-refractivity contribution in [1.29, 1.82) is 5.26 Å². The summed E-state index contributed by atoms with van der Waals surface area (Å²) < 4.78 is 0. The highest BCUT2D eigenvalue weighted by Gasteiger charge is 1.92. The SMILES string of the molecule is N#Cc1csc(/C=C/CN)c1. The number of nitrogens with two attached hydrogens (primary N) is 1. The maximum absolute atomic E-state index is 8.48. The lowest BCUT2D eigenvalue weighted by atomic mass is 10.3. The number of thiophene rings is 1. The zero-order valence-corrected chi connectivity index (χ0v) is 6.77. The summed E-state index contributed by atoms with van der Waals surface area (Å²) >= 11 is 1.55. The molecule has 0 amide bonds. The van der Waals surface area contributed by atoms with Gasteiger partial charge in [0.2, 0.25) is 0 Å². The van der Waals surface area contributed by atoms with Crippen molar-refractivity contribution in [3.8, 4) is 6.07 Å². The summed E-state index contributed by atoms with van der Waals surface area (Å²) in [7, 11) is 0. The molecule has 0 radical (unpaired) electrons. The number of nitrogens with zero attached hydrogens (tertiary/aromatic N) is 1. The molecule has 0 atom stereocenters. The summed E-state index contributed by atoms with van der Waals surface area (Å²) in [5.74, 6) is 0. The Labute approximate surface area is 69.6 Å². The molecule has 3 heteroatoms. The van der Waals surface area contributed by atoms with Gasteiger partial charge in [-0.3, -0.25) is 0 Å². The first-order chi connectivity index (χ1) is 5.36. The Kier molecular flexibility index (Phi) is 2.84. The molecular weight excluding hydrogens is 156 g/mol. The van der Waals surface area contributed by atoms with E-state index in [4.69, 9.17) is 11.0 Å². The molecule has 1 aromatic rings. The molecule has 1 aromatic heterocycles. The summed E-state index contributed by atoms with van der Waals surface area (Å²) in [6, 6.07) is 3.91. The molecule has 1 rings (SSSR count). The van der Waals surface area contributed by atoms with Gasteiger partial charge in [0.25, 0.3) is 0 Å². The van der Waals surface area contributed by atoms with Crippen molar-refractivity contribution in [2.24, 2.45) is 5.73 Å². The Bertz CT molecular complexity index is 293. The van der Waals surface area contributed by atoms with Crippen LogP contribution < -0.4 is 5.73 Å². The van der Waals surface area contributed by atoms with Crippen LogP contribution in [0.15, 0.2) is 17.5 Å². The van der Waals surface area contributed by atoms with E-state index < -0.39 is 0 Å². The van der Waals surface area contributed by atoms with Crippen molar-refractivity contribution >= 4 is 17.4 Å². The fourth-order valence-corrected chi connectivity index (χ4v) is 1.44. The molecule has 0 fully saturated rings. The minimum Gasteiger partial charge on any atom is -0.327 e. The predicted molar refractivity (Wildman–Crippen MR) is 47.1 cm³/mol. The second kappa shape index (κ2) is 3.91. The van der Waals surface area contributed by atoms with E-state index in [9.17, 15) is 0 Å². The Balaban J connectivity index is 2.75. The van der Waals surface area contributed by atoms with Gasteiger partial charge in [0.15, 0.2) is 0 Å². The van der Waals surface area contributed by atoms with Crippen LogP contribution in [-0.2, 0) is 0 Å². The number of rotatable bonds is 2. The van der Waals surface area contributed by atoms with E-state index in [2.05, 4.69) is 6.07 Å². The normalized spacial score (nSPS) is 10.2. The van der Waals surface area contributed by atoms with Crippen LogP contribution in [0, 0.1) is 11.3 Å². The Hall–Kier alpha value is -1.11. The smallest absolute Gasteiger partial charge is 0.100 e. The van der Waals surface area contributed by atoms with Gasteiger partial charge in [-0.05, 0) is 12.1 Å². The highest BCUT2D eigenvalue weighted by Crippen LogP contribution is 2.14. The van der Waals surface area contributed by atoms with Gasteiger partial charge in [-0.1, -0.05) is 6.08 Å². The molecule has 0 saturated carbocycles. The fourth-order valence-electron chi connectivity index (χ4n) is 0.683. The van der Waals surface area contributed by atoms with Gasteiger partial charge in [-0.15, -0.1) is 11.3 Å². The lowest BCUT2D eigenvalue weighted by Gasteiger charge is -1.79. The minimum absolute atomic E-state index is 0.541. The molecule has 1 heterocycles. The molecule has 0 aromatic carbocycles. The average molecular weight is 164 g/mol. The second-order valence-corrected chi connectivity index (χ2v) is 2.93. The van der Waals surface area contributed by atoms with E-state index in [0.29, 0.717) is 12.1 Å². The quantitative estimate of drug-likeness (QED) is 0.721. The molecule has 11 heavy (non-hydrogen) atoms. The zero-order chi connectivity index (χ0) is 8.10. The molecular formula is C8H8N2S. The summed E-state index contributed by atoms with van der Waals surface area (Å²) in [6.45, 7) is 0.541. The second-order valence-electron chi connectivity index (χ2n) is 1.99. The average Bonchev–Trinajstić information content (AvgIpc) is 2.48.